The fraction of sp³-hybridized carbons (Fsp3) is 0.294. The van der Waals surface area contributed by atoms with Gasteiger partial charge in [0, 0.05) is 18.8 Å². The topological polar surface area (TPSA) is 46.2 Å². The first-order chi connectivity index (χ1) is 9.86. The molecule has 0 saturated carbocycles. The molecule has 1 atom stereocenters. The van der Waals surface area contributed by atoms with E-state index in [4.69, 9.17) is 0 Å². The fourth-order valence-electron chi connectivity index (χ4n) is 2.21. The second kappa shape index (κ2) is 6.41. The SMILES string of the molecule is Cc1cccc(CNC(C)c2ccc(S(C)(=O)=O)cc2)c1. The number of hydrogen-bond donors (Lipinski definition) is 1. The summed E-state index contributed by atoms with van der Waals surface area (Å²) < 4.78 is 22.9. The Morgan fingerprint density at radius 1 is 1.10 bits per heavy atom. The van der Waals surface area contributed by atoms with Crippen LogP contribution in [-0.2, 0) is 16.4 Å². The summed E-state index contributed by atoms with van der Waals surface area (Å²) in [7, 11) is -3.13. The van der Waals surface area contributed by atoms with Gasteiger partial charge in [-0.2, -0.15) is 0 Å². The molecule has 2 rings (SSSR count). The van der Waals surface area contributed by atoms with Gasteiger partial charge >= 0.3 is 0 Å². The van der Waals surface area contributed by atoms with Crippen LogP contribution in [0.15, 0.2) is 53.4 Å². The summed E-state index contributed by atoms with van der Waals surface area (Å²) in [5.74, 6) is 0. The minimum absolute atomic E-state index is 0.166. The van der Waals surface area contributed by atoms with E-state index < -0.39 is 9.84 Å². The number of rotatable bonds is 5. The first kappa shape index (κ1) is 15.7. The van der Waals surface area contributed by atoms with Gasteiger partial charge in [-0.15, -0.1) is 0 Å². The van der Waals surface area contributed by atoms with Crippen molar-refractivity contribution in [3.8, 4) is 0 Å². The molecule has 4 heteroatoms. The molecule has 2 aromatic rings. The van der Waals surface area contributed by atoms with Crippen LogP contribution >= 0.6 is 0 Å². The van der Waals surface area contributed by atoms with Crippen molar-refractivity contribution >= 4 is 9.84 Å². The van der Waals surface area contributed by atoms with Gasteiger partial charge in [0.25, 0.3) is 0 Å². The molecule has 0 fully saturated rings. The number of hydrogen-bond acceptors (Lipinski definition) is 3. The summed E-state index contributed by atoms with van der Waals surface area (Å²) in [4.78, 5) is 0.358. The van der Waals surface area contributed by atoms with Gasteiger partial charge in [-0.25, -0.2) is 8.42 Å². The lowest BCUT2D eigenvalue weighted by Crippen LogP contribution is -2.18. The molecule has 0 aliphatic heterocycles. The molecule has 0 heterocycles. The van der Waals surface area contributed by atoms with Crippen molar-refractivity contribution in [1.82, 2.24) is 5.32 Å². The maximum atomic E-state index is 11.4. The first-order valence-corrected chi connectivity index (χ1v) is 8.84. The van der Waals surface area contributed by atoms with Crippen LogP contribution in [0.1, 0.15) is 29.7 Å². The lowest BCUT2D eigenvalue weighted by molar-refractivity contribution is 0.573. The second-order valence-electron chi connectivity index (χ2n) is 5.43. The molecule has 0 bridgehead atoms. The van der Waals surface area contributed by atoms with Crippen molar-refractivity contribution in [3.63, 3.8) is 0 Å². The van der Waals surface area contributed by atoms with Gasteiger partial charge < -0.3 is 5.32 Å². The maximum absolute atomic E-state index is 11.4. The molecular formula is C17H21NO2S. The van der Waals surface area contributed by atoms with Gasteiger partial charge in [0.1, 0.15) is 0 Å². The Kier molecular flexibility index (Phi) is 4.80. The third-order valence-electron chi connectivity index (χ3n) is 3.50. The second-order valence-corrected chi connectivity index (χ2v) is 7.45. The number of sulfone groups is 1. The predicted molar refractivity (Wildman–Crippen MR) is 86.0 cm³/mol. The zero-order valence-electron chi connectivity index (χ0n) is 12.6. The summed E-state index contributed by atoms with van der Waals surface area (Å²) in [5, 5.41) is 3.45. The van der Waals surface area contributed by atoms with Crippen LogP contribution < -0.4 is 5.32 Å². The van der Waals surface area contributed by atoms with Crippen molar-refractivity contribution in [1.29, 1.82) is 0 Å². The third kappa shape index (κ3) is 4.41. The van der Waals surface area contributed by atoms with Gasteiger partial charge in [0.2, 0.25) is 0 Å². The Labute approximate surface area is 126 Å². The molecule has 0 radical (unpaired) electrons. The van der Waals surface area contributed by atoms with Crippen LogP contribution in [0.3, 0.4) is 0 Å². The number of nitrogens with one attached hydrogen (secondary N) is 1. The highest BCUT2D eigenvalue weighted by Gasteiger charge is 2.09. The van der Waals surface area contributed by atoms with Crippen molar-refractivity contribution in [2.75, 3.05) is 6.26 Å². The van der Waals surface area contributed by atoms with E-state index in [1.807, 2.05) is 12.1 Å². The third-order valence-corrected chi connectivity index (χ3v) is 4.63. The quantitative estimate of drug-likeness (QED) is 0.922. The van der Waals surface area contributed by atoms with Gasteiger partial charge in [-0.3, -0.25) is 0 Å². The fourth-order valence-corrected chi connectivity index (χ4v) is 2.85. The summed E-state index contributed by atoms with van der Waals surface area (Å²) in [6.45, 7) is 4.94. The highest BCUT2D eigenvalue weighted by molar-refractivity contribution is 7.90. The van der Waals surface area contributed by atoms with Crippen molar-refractivity contribution < 1.29 is 8.42 Å². The van der Waals surface area contributed by atoms with Crippen LogP contribution in [0.25, 0.3) is 0 Å². The molecule has 112 valence electrons. The molecule has 1 N–H and O–H groups in total. The van der Waals surface area contributed by atoms with E-state index in [2.05, 4.69) is 43.4 Å². The Hall–Kier alpha value is -1.65. The lowest BCUT2D eigenvalue weighted by atomic mass is 10.1. The summed E-state index contributed by atoms with van der Waals surface area (Å²) in [6.07, 6.45) is 1.22. The Bertz CT molecular complexity index is 706. The highest BCUT2D eigenvalue weighted by atomic mass is 32.2. The van der Waals surface area contributed by atoms with E-state index in [0.717, 1.165) is 12.1 Å². The smallest absolute Gasteiger partial charge is 0.175 e. The van der Waals surface area contributed by atoms with Crippen LogP contribution in [0.5, 0.6) is 0 Å². The Balaban J connectivity index is 2.02. The molecule has 3 nitrogen and oxygen atoms in total. The van der Waals surface area contributed by atoms with E-state index in [9.17, 15) is 8.42 Å². The standard InChI is InChI=1S/C17H21NO2S/c1-13-5-4-6-15(11-13)12-18-14(2)16-7-9-17(10-8-16)21(3,19)20/h4-11,14,18H,12H2,1-3H3. The van der Waals surface area contributed by atoms with Crippen molar-refractivity contribution in [2.24, 2.45) is 0 Å². The van der Waals surface area contributed by atoms with E-state index in [-0.39, 0.29) is 6.04 Å². The zero-order valence-corrected chi connectivity index (χ0v) is 13.4. The van der Waals surface area contributed by atoms with Gasteiger partial charge in [-0.1, -0.05) is 42.0 Å². The molecule has 0 spiro atoms. The summed E-state index contributed by atoms with van der Waals surface area (Å²) in [5.41, 5.74) is 3.57. The minimum Gasteiger partial charge on any atom is -0.306 e. The van der Waals surface area contributed by atoms with Crippen LogP contribution in [0, 0.1) is 6.92 Å². The number of aryl methyl sites for hydroxylation is 1. The first-order valence-electron chi connectivity index (χ1n) is 6.95. The molecule has 2 aromatic carbocycles. The monoisotopic (exact) mass is 303 g/mol. The summed E-state index contributed by atoms with van der Waals surface area (Å²) >= 11 is 0. The average Bonchev–Trinajstić information content (AvgIpc) is 2.44. The van der Waals surface area contributed by atoms with E-state index >= 15 is 0 Å². The van der Waals surface area contributed by atoms with Crippen LogP contribution in [0.2, 0.25) is 0 Å². The average molecular weight is 303 g/mol. The lowest BCUT2D eigenvalue weighted by Gasteiger charge is -2.15. The molecule has 0 aliphatic rings. The Morgan fingerprint density at radius 2 is 1.76 bits per heavy atom. The zero-order chi connectivity index (χ0) is 15.5. The normalized spacial score (nSPS) is 13.1. The highest BCUT2D eigenvalue weighted by Crippen LogP contribution is 2.17. The van der Waals surface area contributed by atoms with Gasteiger partial charge in [0.15, 0.2) is 9.84 Å². The van der Waals surface area contributed by atoms with Crippen molar-refractivity contribution in [2.45, 2.75) is 31.3 Å². The van der Waals surface area contributed by atoms with Gasteiger partial charge in [-0.05, 0) is 37.1 Å². The van der Waals surface area contributed by atoms with E-state index in [1.165, 1.54) is 17.4 Å². The largest absolute Gasteiger partial charge is 0.306 e. The molecule has 0 aliphatic carbocycles. The molecule has 21 heavy (non-hydrogen) atoms. The maximum Gasteiger partial charge on any atom is 0.175 e. The molecule has 0 aromatic heterocycles. The van der Waals surface area contributed by atoms with Crippen LogP contribution in [0.4, 0.5) is 0 Å². The molecule has 0 amide bonds. The Morgan fingerprint density at radius 3 is 2.33 bits per heavy atom. The molecular weight excluding hydrogens is 282 g/mol. The predicted octanol–water partition coefficient (Wildman–Crippen LogP) is 3.25. The molecule has 1 unspecified atom stereocenters. The molecule has 0 saturated heterocycles. The summed E-state index contributed by atoms with van der Waals surface area (Å²) in [6, 6.07) is 15.6. The van der Waals surface area contributed by atoms with Gasteiger partial charge in [0.05, 0.1) is 4.90 Å². The minimum atomic E-state index is -3.13. The van der Waals surface area contributed by atoms with Crippen molar-refractivity contribution in [3.05, 3.63) is 65.2 Å². The van der Waals surface area contributed by atoms with E-state index in [1.54, 1.807) is 12.1 Å². The number of benzene rings is 2. The van der Waals surface area contributed by atoms with E-state index in [0.29, 0.717) is 4.90 Å². The van der Waals surface area contributed by atoms with Crippen LogP contribution in [-0.4, -0.2) is 14.7 Å².